The van der Waals surface area contributed by atoms with E-state index < -0.39 is 6.10 Å². The Kier molecular flexibility index (Phi) is 4.38. The molecule has 112 valence electrons. The Balaban J connectivity index is 2.30. The van der Waals surface area contributed by atoms with Gasteiger partial charge in [-0.05, 0) is 46.7 Å². The molecule has 0 spiro atoms. The number of ether oxygens (including phenoxy) is 1. The number of aryl methyl sites for hydroxylation is 1. The van der Waals surface area contributed by atoms with E-state index in [2.05, 4.69) is 32.9 Å². The minimum Gasteiger partial charge on any atom is -0.497 e. The molecule has 2 nitrogen and oxygen atoms in total. The van der Waals surface area contributed by atoms with Gasteiger partial charge < -0.3 is 9.84 Å². The van der Waals surface area contributed by atoms with Crippen LogP contribution in [0.25, 0.3) is 0 Å². The fourth-order valence-corrected chi connectivity index (χ4v) is 2.43. The summed E-state index contributed by atoms with van der Waals surface area (Å²) in [4.78, 5) is 0. The monoisotopic (exact) mass is 284 g/mol. The number of rotatable bonds is 3. The first-order chi connectivity index (χ1) is 9.82. The summed E-state index contributed by atoms with van der Waals surface area (Å²) in [6.45, 7) is 8.55. The highest BCUT2D eigenvalue weighted by Crippen LogP contribution is 2.29. The second-order valence-corrected chi connectivity index (χ2v) is 6.50. The third-order valence-electron chi connectivity index (χ3n) is 3.86. The van der Waals surface area contributed by atoms with Crippen molar-refractivity contribution in [3.63, 3.8) is 0 Å². The molecule has 21 heavy (non-hydrogen) atoms. The fraction of sp³-hybridized carbons (Fsp3) is 0.368. The van der Waals surface area contributed by atoms with Gasteiger partial charge in [0.2, 0.25) is 0 Å². The number of benzene rings is 2. The summed E-state index contributed by atoms with van der Waals surface area (Å²) >= 11 is 0. The van der Waals surface area contributed by atoms with E-state index in [0.717, 1.165) is 22.4 Å². The van der Waals surface area contributed by atoms with Gasteiger partial charge >= 0.3 is 0 Å². The van der Waals surface area contributed by atoms with Crippen molar-refractivity contribution in [2.75, 3.05) is 7.11 Å². The lowest BCUT2D eigenvalue weighted by molar-refractivity contribution is 0.219. The molecule has 0 heterocycles. The van der Waals surface area contributed by atoms with Crippen LogP contribution in [0.3, 0.4) is 0 Å². The average Bonchev–Trinajstić information content (AvgIpc) is 2.45. The Labute approximate surface area is 127 Å². The summed E-state index contributed by atoms with van der Waals surface area (Å²) in [6, 6.07) is 14.0. The van der Waals surface area contributed by atoms with Gasteiger partial charge in [0.05, 0.1) is 7.11 Å². The molecular formula is C19H24O2. The first-order valence-corrected chi connectivity index (χ1v) is 7.26. The van der Waals surface area contributed by atoms with Crippen molar-refractivity contribution in [3.8, 4) is 5.75 Å². The lowest BCUT2D eigenvalue weighted by Gasteiger charge is -2.20. The molecule has 0 bridgehead atoms. The molecule has 0 radical (unpaired) electrons. The van der Waals surface area contributed by atoms with Gasteiger partial charge in [-0.15, -0.1) is 0 Å². The van der Waals surface area contributed by atoms with E-state index >= 15 is 0 Å². The van der Waals surface area contributed by atoms with Crippen LogP contribution in [0.15, 0.2) is 42.5 Å². The van der Waals surface area contributed by atoms with E-state index in [1.165, 1.54) is 5.56 Å². The van der Waals surface area contributed by atoms with E-state index in [1.54, 1.807) is 7.11 Å². The van der Waals surface area contributed by atoms with Crippen LogP contribution in [0, 0.1) is 6.92 Å². The zero-order chi connectivity index (χ0) is 15.6. The van der Waals surface area contributed by atoms with E-state index in [1.807, 2.05) is 37.3 Å². The minimum absolute atomic E-state index is 0.125. The quantitative estimate of drug-likeness (QED) is 0.906. The summed E-state index contributed by atoms with van der Waals surface area (Å²) in [5.74, 6) is 0.812. The molecule has 2 rings (SSSR count). The van der Waals surface area contributed by atoms with Crippen molar-refractivity contribution in [2.24, 2.45) is 0 Å². The molecule has 1 unspecified atom stereocenters. The summed E-state index contributed by atoms with van der Waals surface area (Å²) in [7, 11) is 1.65. The molecule has 1 atom stereocenters. The van der Waals surface area contributed by atoms with Crippen molar-refractivity contribution >= 4 is 0 Å². The zero-order valence-corrected chi connectivity index (χ0v) is 13.5. The third-order valence-corrected chi connectivity index (χ3v) is 3.86. The van der Waals surface area contributed by atoms with Crippen molar-refractivity contribution in [3.05, 3.63) is 64.7 Å². The molecule has 0 aliphatic heterocycles. The third kappa shape index (κ3) is 3.45. The fourth-order valence-electron chi connectivity index (χ4n) is 2.43. The van der Waals surface area contributed by atoms with Crippen LogP contribution in [-0.4, -0.2) is 12.2 Å². The van der Waals surface area contributed by atoms with Gasteiger partial charge in [-0.25, -0.2) is 0 Å². The lowest BCUT2D eigenvalue weighted by Crippen LogP contribution is -2.11. The summed E-state index contributed by atoms with van der Waals surface area (Å²) in [5, 5.41) is 10.6. The Morgan fingerprint density at radius 3 is 2.10 bits per heavy atom. The Bertz CT molecular complexity index is 606. The Morgan fingerprint density at radius 2 is 1.62 bits per heavy atom. The van der Waals surface area contributed by atoms with Gasteiger partial charge in [0.25, 0.3) is 0 Å². The standard InChI is InChI=1S/C19H24O2/c1-13-12-16(21-5)10-11-17(13)18(20)14-6-8-15(9-7-14)19(2,3)4/h6-12,18,20H,1-5H3. The molecule has 0 aliphatic carbocycles. The average molecular weight is 284 g/mol. The van der Waals surface area contributed by atoms with Crippen LogP contribution in [-0.2, 0) is 5.41 Å². The normalized spacial score (nSPS) is 13.0. The van der Waals surface area contributed by atoms with E-state index in [0.29, 0.717) is 0 Å². The van der Waals surface area contributed by atoms with Crippen LogP contribution < -0.4 is 4.74 Å². The van der Waals surface area contributed by atoms with E-state index in [4.69, 9.17) is 4.74 Å². The lowest BCUT2D eigenvalue weighted by atomic mass is 9.86. The smallest absolute Gasteiger partial charge is 0.119 e. The predicted octanol–water partition coefficient (Wildman–Crippen LogP) is 4.38. The van der Waals surface area contributed by atoms with Crippen LogP contribution in [0.5, 0.6) is 5.75 Å². The molecule has 0 fully saturated rings. The Hall–Kier alpha value is -1.80. The Morgan fingerprint density at radius 1 is 1.00 bits per heavy atom. The molecule has 1 N–H and O–H groups in total. The SMILES string of the molecule is COc1ccc(C(O)c2ccc(C(C)(C)C)cc2)c(C)c1. The summed E-state index contributed by atoms with van der Waals surface area (Å²) in [6.07, 6.45) is -0.607. The number of hydrogen-bond donors (Lipinski definition) is 1. The van der Waals surface area contributed by atoms with Crippen LogP contribution in [0.4, 0.5) is 0 Å². The maximum atomic E-state index is 10.6. The van der Waals surface area contributed by atoms with Gasteiger partial charge in [-0.1, -0.05) is 51.1 Å². The van der Waals surface area contributed by atoms with Crippen molar-refractivity contribution in [1.29, 1.82) is 0 Å². The predicted molar refractivity (Wildman–Crippen MR) is 86.9 cm³/mol. The summed E-state index contributed by atoms with van der Waals surface area (Å²) < 4.78 is 5.21. The first-order valence-electron chi connectivity index (χ1n) is 7.26. The molecule has 0 saturated heterocycles. The van der Waals surface area contributed by atoms with E-state index in [-0.39, 0.29) is 5.41 Å². The van der Waals surface area contributed by atoms with E-state index in [9.17, 15) is 5.11 Å². The zero-order valence-electron chi connectivity index (χ0n) is 13.5. The summed E-state index contributed by atoms with van der Waals surface area (Å²) in [5.41, 5.74) is 4.25. The number of hydrogen-bond acceptors (Lipinski definition) is 2. The molecule has 2 aromatic rings. The van der Waals surface area contributed by atoms with Gasteiger partial charge in [0.1, 0.15) is 11.9 Å². The molecule has 0 aromatic heterocycles. The van der Waals surface area contributed by atoms with Crippen molar-refractivity contribution in [2.45, 2.75) is 39.2 Å². The van der Waals surface area contributed by atoms with Gasteiger partial charge in [0, 0.05) is 0 Å². The van der Waals surface area contributed by atoms with Crippen LogP contribution in [0.2, 0.25) is 0 Å². The number of aliphatic hydroxyl groups is 1. The highest BCUT2D eigenvalue weighted by molar-refractivity contribution is 5.41. The van der Waals surface area contributed by atoms with Crippen LogP contribution >= 0.6 is 0 Å². The molecule has 0 amide bonds. The highest BCUT2D eigenvalue weighted by Gasteiger charge is 2.16. The number of methoxy groups -OCH3 is 1. The van der Waals surface area contributed by atoms with Crippen molar-refractivity contribution in [1.82, 2.24) is 0 Å². The van der Waals surface area contributed by atoms with Crippen LogP contribution in [0.1, 0.15) is 49.1 Å². The van der Waals surface area contributed by atoms with Gasteiger partial charge in [-0.2, -0.15) is 0 Å². The second kappa shape index (κ2) is 5.90. The van der Waals surface area contributed by atoms with Gasteiger partial charge in [-0.3, -0.25) is 0 Å². The molecule has 2 heteroatoms. The maximum absolute atomic E-state index is 10.6. The first kappa shape index (κ1) is 15.6. The second-order valence-electron chi connectivity index (χ2n) is 6.50. The highest BCUT2D eigenvalue weighted by atomic mass is 16.5. The molecular weight excluding hydrogens is 260 g/mol. The van der Waals surface area contributed by atoms with Gasteiger partial charge in [0.15, 0.2) is 0 Å². The topological polar surface area (TPSA) is 29.5 Å². The molecule has 0 aliphatic rings. The maximum Gasteiger partial charge on any atom is 0.119 e. The van der Waals surface area contributed by atoms with Crippen molar-refractivity contribution < 1.29 is 9.84 Å². The molecule has 2 aromatic carbocycles. The minimum atomic E-state index is -0.607. The largest absolute Gasteiger partial charge is 0.497 e. The molecule has 0 saturated carbocycles. The number of aliphatic hydroxyl groups excluding tert-OH is 1.